The Labute approximate surface area is 121 Å². The van der Waals surface area contributed by atoms with Crippen molar-refractivity contribution in [2.24, 2.45) is 0 Å². The van der Waals surface area contributed by atoms with Crippen molar-refractivity contribution in [1.29, 1.82) is 0 Å². The van der Waals surface area contributed by atoms with Gasteiger partial charge in [0.2, 0.25) is 5.91 Å². The fourth-order valence-corrected chi connectivity index (χ4v) is 1.63. The highest BCUT2D eigenvalue weighted by atomic mass is 19.4. The van der Waals surface area contributed by atoms with Gasteiger partial charge in [0, 0.05) is 38.9 Å². The first-order valence-electron chi connectivity index (χ1n) is 6.60. The van der Waals surface area contributed by atoms with Crippen LogP contribution in [0.1, 0.15) is 18.4 Å². The Morgan fingerprint density at radius 2 is 1.86 bits per heavy atom. The fourth-order valence-electron chi connectivity index (χ4n) is 1.63. The Bertz CT molecular complexity index is 433. The number of rotatable bonds is 8. The molecule has 0 aliphatic carbocycles. The molecule has 0 aromatic heterocycles. The summed E-state index contributed by atoms with van der Waals surface area (Å²) in [6.45, 7) is 1.50. The molecule has 0 heterocycles. The number of ether oxygens (including phenoxy) is 1. The van der Waals surface area contributed by atoms with Crippen LogP contribution >= 0.6 is 0 Å². The Morgan fingerprint density at radius 1 is 1.19 bits per heavy atom. The molecular formula is C14H19F3N2O2. The molecule has 4 nitrogen and oxygen atoms in total. The van der Waals surface area contributed by atoms with Crippen LogP contribution in [0.15, 0.2) is 24.3 Å². The van der Waals surface area contributed by atoms with Crippen LogP contribution < -0.4 is 10.6 Å². The first-order valence-corrected chi connectivity index (χ1v) is 6.60. The van der Waals surface area contributed by atoms with E-state index in [0.29, 0.717) is 25.4 Å². The van der Waals surface area contributed by atoms with E-state index in [2.05, 4.69) is 10.6 Å². The molecule has 0 spiro atoms. The van der Waals surface area contributed by atoms with Crippen LogP contribution in [0.2, 0.25) is 0 Å². The molecule has 1 rings (SSSR count). The summed E-state index contributed by atoms with van der Waals surface area (Å²) in [6, 6.07) is 4.71. The largest absolute Gasteiger partial charge is 0.416 e. The number of amides is 1. The molecule has 0 aliphatic rings. The topological polar surface area (TPSA) is 50.4 Å². The molecule has 118 valence electrons. The molecule has 1 amide bonds. The molecule has 0 unspecified atom stereocenters. The number of methoxy groups -OCH3 is 1. The summed E-state index contributed by atoms with van der Waals surface area (Å²) in [7, 11) is 1.59. The second-order valence-electron chi connectivity index (χ2n) is 4.45. The first-order chi connectivity index (χ1) is 9.93. The van der Waals surface area contributed by atoms with Crippen molar-refractivity contribution in [2.75, 3.05) is 32.1 Å². The van der Waals surface area contributed by atoms with Gasteiger partial charge in [0.25, 0.3) is 0 Å². The molecule has 0 bridgehead atoms. The number of halogens is 3. The molecule has 21 heavy (non-hydrogen) atoms. The maximum Gasteiger partial charge on any atom is 0.416 e. The lowest BCUT2D eigenvalue weighted by Gasteiger charge is -2.09. The molecule has 7 heteroatoms. The first kappa shape index (κ1) is 17.3. The van der Waals surface area contributed by atoms with Crippen LogP contribution in [0.25, 0.3) is 0 Å². The monoisotopic (exact) mass is 304 g/mol. The number of carbonyl (C=O) groups is 1. The molecule has 0 atom stereocenters. The Hall–Kier alpha value is -1.76. The fraction of sp³-hybridized carbons (Fsp3) is 0.500. The van der Waals surface area contributed by atoms with Gasteiger partial charge in [-0.1, -0.05) is 0 Å². The van der Waals surface area contributed by atoms with Gasteiger partial charge >= 0.3 is 6.18 Å². The lowest BCUT2D eigenvalue weighted by atomic mass is 10.2. The van der Waals surface area contributed by atoms with Crippen LogP contribution in [-0.4, -0.2) is 32.7 Å². The second-order valence-corrected chi connectivity index (χ2v) is 4.45. The third-order valence-electron chi connectivity index (χ3n) is 2.74. The maximum atomic E-state index is 12.4. The van der Waals surface area contributed by atoms with E-state index in [0.717, 1.165) is 18.6 Å². The summed E-state index contributed by atoms with van der Waals surface area (Å²) in [5.41, 5.74) is -0.140. The Kier molecular flexibility index (Phi) is 7.01. The van der Waals surface area contributed by atoms with Crippen molar-refractivity contribution in [1.82, 2.24) is 5.32 Å². The molecule has 0 radical (unpaired) electrons. The van der Waals surface area contributed by atoms with Crippen LogP contribution in [0.3, 0.4) is 0 Å². The van der Waals surface area contributed by atoms with E-state index in [1.165, 1.54) is 12.1 Å². The summed E-state index contributed by atoms with van der Waals surface area (Å²) in [5.74, 6) is -0.106. The third kappa shape index (κ3) is 6.99. The van der Waals surface area contributed by atoms with Crippen LogP contribution in [0.5, 0.6) is 0 Å². The number of anilines is 1. The highest BCUT2D eigenvalue weighted by Gasteiger charge is 2.29. The smallest absolute Gasteiger partial charge is 0.385 e. The lowest BCUT2D eigenvalue weighted by Crippen LogP contribution is -2.26. The van der Waals surface area contributed by atoms with E-state index in [9.17, 15) is 18.0 Å². The highest BCUT2D eigenvalue weighted by Crippen LogP contribution is 2.29. The zero-order valence-corrected chi connectivity index (χ0v) is 11.8. The predicted molar refractivity (Wildman–Crippen MR) is 74.1 cm³/mol. The highest BCUT2D eigenvalue weighted by molar-refractivity contribution is 5.76. The van der Waals surface area contributed by atoms with Crippen LogP contribution in [-0.2, 0) is 15.7 Å². The van der Waals surface area contributed by atoms with E-state index in [1.54, 1.807) is 7.11 Å². The molecular weight excluding hydrogens is 285 g/mol. The SMILES string of the molecule is COCCCNC(=O)CCNc1ccc(C(F)(F)F)cc1. The summed E-state index contributed by atoms with van der Waals surface area (Å²) < 4.78 is 42.0. The van der Waals surface area contributed by atoms with Crippen molar-refractivity contribution in [3.05, 3.63) is 29.8 Å². The van der Waals surface area contributed by atoms with Gasteiger partial charge in [0.1, 0.15) is 0 Å². The van der Waals surface area contributed by atoms with E-state index >= 15 is 0 Å². The molecule has 0 saturated heterocycles. The van der Waals surface area contributed by atoms with Crippen molar-refractivity contribution >= 4 is 11.6 Å². The van der Waals surface area contributed by atoms with Crippen LogP contribution in [0, 0.1) is 0 Å². The Balaban J connectivity index is 2.25. The summed E-state index contributed by atoms with van der Waals surface area (Å²) in [4.78, 5) is 11.4. The van der Waals surface area contributed by atoms with Gasteiger partial charge in [0.05, 0.1) is 5.56 Å². The van der Waals surface area contributed by atoms with Crippen molar-refractivity contribution in [2.45, 2.75) is 19.0 Å². The van der Waals surface area contributed by atoms with Gasteiger partial charge < -0.3 is 15.4 Å². The van der Waals surface area contributed by atoms with Crippen LogP contribution in [0.4, 0.5) is 18.9 Å². The quantitative estimate of drug-likeness (QED) is 0.726. The molecule has 0 saturated carbocycles. The lowest BCUT2D eigenvalue weighted by molar-refractivity contribution is -0.137. The summed E-state index contributed by atoms with van der Waals surface area (Å²) >= 11 is 0. The number of hydrogen-bond donors (Lipinski definition) is 2. The van der Waals surface area contributed by atoms with Crippen molar-refractivity contribution < 1.29 is 22.7 Å². The van der Waals surface area contributed by atoms with E-state index in [1.807, 2.05) is 0 Å². The Morgan fingerprint density at radius 3 is 2.43 bits per heavy atom. The van der Waals surface area contributed by atoms with Gasteiger partial charge in [-0.25, -0.2) is 0 Å². The molecule has 1 aromatic rings. The second kappa shape index (κ2) is 8.51. The standard InChI is InChI=1S/C14H19F3N2O2/c1-21-10-2-8-19-13(20)7-9-18-12-5-3-11(4-6-12)14(15,16)17/h3-6,18H,2,7-10H2,1H3,(H,19,20). The number of alkyl halides is 3. The van der Waals surface area contributed by atoms with Crippen molar-refractivity contribution in [3.63, 3.8) is 0 Å². The zero-order valence-electron chi connectivity index (χ0n) is 11.8. The van der Waals surface area contributed by atoms with E-state index < -0.39 is 11.7 Å². The minimum Gasteiger partial charge on any atom is -0.385 e. The minimum atomic E-state index is -4.33. The van der Waals surface area contributed by atoms with E-state index in [4.69, 9.17) is 4.74 Å². The van der Waals surface area contributed by atoms with Gasteiger partial charge in [-0.3, -0.25) is 4.79 Å². The van der Waals surface area contributed by atoms with Gasteiger partial charge in [-0.2, -0.15) is 13.2 Å². The molecule has 2 N–H and O–H groups in total. The molecule has 0 aliphatic heterocycles. The maximum absolute atomic E-state index is 12.4. The number of carbonyl (C=O) groups excluding carboxylic acids is 1. The number of nitrogens with one attached hydrogen (secondary N) is 2. The number of hydrogen-bond acceptors (Lipinski definition) is 3. The third-order valence-corrected chi connectivity index (χ3v) is 2.74. The minimum absolute atomic E-state index is 0.106. The van der Waals surface area contributed by atoms with E-state index in [-0.39, 0.29) is 12.3 Å². The average Bonchev–Trinajstić information content (AvgIpc) is 2.43. The van der Waals surface area contributed by atoms with Gasteiger partial charge in [0.15, 0.2) is 0 Å². The zero-order chi connectivity index (χ0) is 15.7. The van der Waals surface area contributed by atoms with Gasteiger partial charge in [-0.05, 0) is 30.7 Å². The molecule has 0 fully saturated rings. The average molecular weight is 304 g/mol. The summed E-state index contributed by atoms with van der Waals surface area (Å²) in [5, 5.41) is 5.63. The van der Waals surface area contributed by atoms with Crippen molar-refractivity contribution in [3.8, 4) is 0 Å². The predicted octanol–water partition coefficient (Wildman–Crippen LogP) is 2.66. The number of benzene rings is 1. The summed E-state index contributed by atoms with van der Waals surface area (Å²) in [6.07, 6.45) is -3.33. The van der Waals surface area contributed by atoms with Gasteiger partial charge in [-0.15, -0.1) is 0 Å². The normalized spacial score (nSPS) is 11.2. The molecule has 1 aromatic carbocycles.